The number of fused-ring (bicyclic) bond motifs is 1. The SMILES string of the molecule is COCCCNC(=O)c1nn(-c2ccc(C)cc2)c2c(=O)n(C)cnc12. The lowest BCUT2D eigenvalue weighted by Gasteiger charge is -2.04. The van der Waals surface area contributed by atoms with Gasteiger partial charge in [-0.15, -0.1) is 0 Å². The van der Waals surface area contributed by atoms with Crippen molar-refractivity contribution in [2.24, 2.45) is 7.05 Å². The van der Waals surface area contributed by atoms with Gasteiger partial charge in [0.1, 0.15) is 5.52 Å². The quantitative estimate of drug-likeness (QED) is 0.671. The second kappa shape index (κ2) is 7.49. The van der Waals surface area contributed by atoms with Crippen LogP contribution in [0.5, 0.6) is 0 Å². The number of hydrogen-bond acceptors (Lipinski definition) is 5. The number of carbonyl (C=O) groups excluding carboxylic acids is 1. The molecule has 0 unspecified atom stereocenters. The third-order valence-corrected chi connectivity index (χ3v) is 4.05. The molecule has 0 fully saturated rings. The number of rotatable bonds is 6. The van der Waals surface area contributed by atoms with E-state index in [1.807, 2.05) is 31.2 Å². The van der Waals surface area contributed by atoms with Crippen LogP contribution in [0.2, 0.25) is 0 Å². The fourth-order valence-corrected chi connectivity index (χ4v) is 2.62. The molecule has 0 bridgehead atoms. The first-order valence-corrected chi connectivity index (χ1v) is 8.31. The number of aryl methyl sites for hydroxylation is 2. The maximum Gasteiger partial charge on any atom is 0.279 e. The zero-order valence-electron chi connectivity index (χ0n) is 15.0. The van der Waals surface area contributed by atoms with Gasteiger partial charge in [0.2, 0.25) is 0 Å². The average Bonchev–Trinajstić information content (AvgIpc) is 3.03. The van der Waals surface area contributed by atoms with E-state index in [0.29, 0.717) is 25.3 Å². The molecule has 26 heavy (non-hydrogen) atoms. The zero-order valence-corrected chi connectivity index (χ0v) is 15.0. The Bertz CT molecular complexity index is 988. The predicted octanol–water partition coefficient (Wildman–Crippen LogP) is 1.19. The Balaban J connectivity index is 2.08. The smallest absolute Gasteiger partial charge is 0.279 e. The van der Waals surface area contributed by atoms with E-state index < -0.39 is 0 Å². The van der Waals surface area contributed by atoms with Crippen LogP contribution >= 0.6 is 0 Å². The molecular formula is C18H21N5O3. The number of nitrogens with one attached hydrogen (secondary N) is 1. The minimum Gasteiger partial charge on any atom is -0.385 e. The number of amides is 1. The number of aromatic nitrogens is 4. The summed E-state index contributed by atoms with van der Waals surface area (Å²) in [4.78, 5) is 29.4. The Hall–Kier alpha value is -3.00. The van der Waals surface area contributed by atoms with Crippen molar-refractivity contribution in [1.29, 1.82) is 0 Å². The van der Waals surface area contributed by atoms with Gasteiger partial charge in [0.25, 0.3) is 11.5 Å². The van der Waals surface area contributed by atoms with Crippen LogP contribution in [0.1, 0.15) is 22.5 Å². The number of methoxy groups -OCH3 is 1. The van der Waals surface area contributed by atoms with E-state index in [1.165, 1.54) is 15.6 Å². The van der Waals surface area contributed by atoms with Gasteiger partial charge < -0.3 is 14.6 Å². The van der Waals surface area contributed by atoms with Gasteiger partial charge in [-0.2, -0.15) is 5.10 Å². The second-order valence-corrected chi connectivity index (χ2v) is 6.06. The van der Waals surface area contributed by atoms with E-state index in [2.05, 4.69) is 15.4 Å². The summed E-state index contributed by atoms with van der Waals surface area (Å²) in [7, 11) is 3.23. The molecule has 8 heteroatoms. The summed E-state index contributed by atoms with van der Waals surface area (Å²) in [6.07, 6.45) is 2.08. The molecule has 0 radical (unpaired) electrons. The van der Waals surface area contributed by atoms with Crippen LogP contribution in [0, 0.1) is 6.92 Å². The first-order valence-electron chi connectivity index (χ1n) is 8.31. The predicted molar refractivity (Wildman–Crippen MR) is 97.7 cm³/mol. The minimum absolute atomic E-state index is 0.135. The molecule has 2 heterocycles. The van der Waals surface area contributed by atoms with Crippen LogP contribution in [0.15, 0.2) is 35.4 Å². The van der Waals surface area contributed by atoms with Crippen LogP contribution in [-0.2, 0) is 11.8 Å². The summed E-state index contributed by atoms with van der Waals surface area (Å²) in [6, 6.07) is 7.56. The standard InChI is InChI=1S/C18H21N5O3/c1-12-5-7-13(8-6-12)23-16-14(20-11-22(2)18(16)25)15(21-23)17(24)19-9-4-10-26-3/h5-8,11H,4,9-10H2,1-3H3,(H,19,24). The van der Waals surface area contributed by atoms with E-state index in [9.17, 15) is 9.59 Å². The van der Waals surface area contributed by atoms with Gasteiger partial charge >= 0.3 is 0 Å². The molecule has 0 saturated heterocycles. The van der Waals surface area contributed by atoms with Gasteiger partial charge in [-0.25, -0.2) is 9.67 Å². The van der Waals surface area contributed by atoms with Crippen molar-refractivity contribution in [3.05, 3.63) is 52.2 Å². The summed E-state index contributed by atoms with van der Waals surface area (Å²) < 4.78 is 7.82. The highest BCUT2D eigenvalue weighted by Crippen LogP contribution is 2.18. The lowest BCUT2D eigenvalue weighted by Crippen LogP contribution is -2.26. The molecule has 1 aromatic carbocycles. The average molecular weight is 355 g/mol. The highest BCUT2D eigenvalue weighted by molar-refractivity contribution is 6.03. The molecule has 0 atom stereocenters. The first kappa shape index (κ1) is 17.8. The molecule has 2 aromatic heterocycles. The van der Waals surface area contributed by atoms with Crippen LogP contribution in [0.25, 0.3) is 16.7 Å². The summed E-state index contributed by atoms with van der Waals surface area (Å²) in [6.45, 7) is 2.98. The maximum absolute atomic E-state index is 12.6. The lowest BCUT2D eigenvalue weighted by molar-refractivity contribution is 0.0944. The number of ether oxygens (including phenoxy) is 1. The fourth-order valence-electron chi connectivity index (χ4n) is 2.62. The summed E-state index contributed by atoms with van der Waals surface area (Å²) in [5.74, 6) is -0.363. The van der Waals surface area contributed by atoms with Crippen molar-refractivity contribution in [3.8, 4) is 5.69 Å². The molecule has 1 N–H and O–H groups in total. The zero-order chi connectivity index (χ0) is 18.7. The second-order valence-electron chi connectivity index (χ2n) is 6.06. The Kier molecular flexibility index (Phi) is 5.13. The highest BCUT2D eigenvalue weighted by atomic mass is 16.5. The molecule has 0 aliphatic heterocycles. The third kappa shape index (κ3) is 3.36. The van der Waals surface area contributed by atoms with Gasteiger partial charge in [-0.05, 0) is 25.5 Å². The van der Waals surface area contributed by atoms with Gasteiger partial charge in [-0.3, -0.25) is 9.59 Å². The Morgan fingerprint density at radius 2 is 2.00 bits per heavy atom. The lowest BCUT2D eigenvalue weighted by atomic mass is 10.2. The molecule has 1 amide bonds. The van der Waals surface area contributed by atoms with Crippen LogP contribution in [-0.4, -0.2) is 45.5 Å². The molecule has 3 rings (SSSR count). The molecule has 0 saturated carbocycles. The van der Waals surface area contributed by atoms with Crippen LogP contribution in [0.4, 0.5) is 0 Å². The number of carbonyl (C=O) groups is 1. The van der Waals surface area contributed by atoms with Crippen LogP contribution in [0.3, 0.4) is 0 Å². The minimum atomic E-state index is -0.363. The summed E-state index contributed by atoms with van der Waals surface area (Å²) >= 11 is 0. The fraction of sp³-hybridized carbons (Fsp3) is 0.333. The number of hydrogen-bond donors (Lipinski definition) is 1. The van der Waals surface area contributed by atoms with Gasteiger partial charge in [-0.1, -0.05) is 17.7 Å². The molecule has 8 nitrogen and oxygen atoms in total. The Morgan fingerprint density at radius 1 is 1.27 bits per heavy atom. The first-order chi connectivity index (χ1) is 12.5. The van der Waals surface area contributed by atoms with Crippen molar-refractivity contribution in [1.82, 2.24) is 24.6 Å². The van der Waals surface area contributed by atoms with Crippen molar-refractivity contribution in [2.75, 3.05) is 20.3 Å². The van der Waals surface area contributed by atoms with E-state index in [1.54, 1.807) is 14.2 Å². The largest absolute Gasteiger partial charge is 0.385 e. The van der Waals surface area contributed by atoms with Crippen molar-refractivity contribution in [2.45, 2.75) is 13.3 Å². The molecular weight excluding hydrogens is 334 g/mol. The number of benzene rings is 1. The van der Waals surface area contributed by atoms with E-state index in [4.69, 9.17) is 4.74 Å². The Morgan fingerprint density at radius 3 is 2.69 bits per heavy atom. The topological polar surface area (TPSA) is 91.0 Å². The normalized spacial score (nSPS) is 11.0. The molecule has 0 aliphatic rings. The third-order valence-electron chi connectivity index (χ3n) is 4.05. The Labute approximate surface area is 150 Å². The maximum atomic E-state index is 12.6. The molecule has 3 aromatic rings. The summed E-state index contributed by atoms with van der Waals surface area (Å²) in [5, 5.41) is 7.18. The van der Waals surface area contributed by atoms with Gasteiger partial charge in [0.05, 0.1) is 12.0 Å². The van der Waals surface area contributed by atoms with E-state index in [-0.39, 0.29) is 28.2 Å². The van der Waals surface area contributed by atoms with Gasteiger partial charge in [0.15, 0.2) is 11.2 Å². The van der Waals surface area contributed by atoms with E-state index in [0.717, 1.165) is 5.56 Å². The molecule has 136 valence electrons. The summed E-state index contributed by atoms with van der Waals surface area (Å²) in [5.41, 5.74) is 2.23. The van der Waals surface area contributed by atoms with Gasteiger partial charge in [0, 0.05) is 27.3 Å². The van der Waals surface area contributed by atoms with Crippen LogP contribution < -0.4 is 10.9 Å². The van der Waals surface area contributed by atoms with Crippen molar-refractivity contribution >= 4 is 16.9 Å². The van der Waals surface area contributed by atoms with E-state index >= 15 is 0 Å². The highest BCUT2D eigenvalue weighted by Gasteiger charge is 2.22. The molecule has 0 aliphatic carbocycles. The van der Waals surface area contributed by atoms with Crippen molar-refractivity contribution < 1.29 is 9.53 Å². The monoisotopic (exact) mass is 355 g/mol. The van der Waals surface area contributed by atoms with Crippen molar-refractivity contribution in [3.63, 3.8) is 0 Å². The number of nitrogens with zero attached hydrogens (tertiary/aromatic N) is 4. The molecule has 0 spiro atoms.